The van der Waals surface area contributed by atoms with Gasteiger partial charge in [-0.3, -0.25) is 4.79 Å². The van der Waals surface area contributed by atoms with E-state index in [1.807, 2.05) is 12.1 Å². The van der Waals surface area contributed by atoms with Crippen LogP contribution in [0.2, 0.25) is 5.02 Å². The van der Waals surface area contributed by atoms with Gasteiger partial charge in [-0.25, -0.2) is 0 Å². The van der Waals surface area contributed by atoms with Gasteiger partial charge in [-0.05, 0) is 17.7 Å². The van der Waals surface area contributed by atoms with Crippen molar-refractivity contribution in [1.29, 1.82) is 0 Å². The van der Waals surface area contributed by atoms with Crippen molar-refractivity contribution >= 4 is 17.5 Å². The molecule has 0 saturated carbocycles. The fourth-order valence-electron chi connectivity index (χ4n) is 2.03. The van der Waals surface area contributed by atoms with Gasteiger partial charge in [0.25, 0.3) is 0 Å². The van der Waals surface area contributed by atoms with Crippen LogP contribution in [0.3, 0.4) is 0 Å². The molecular weight excluding hydrogens is 252 g/mol. The molecule has 18 heavy (non-hydrogen) atoms. The van der Waals surface area contributed by atoms with Crippen LogP contribution in [0.1, 0.15) is 18.1 Å². The zero-order valence-electron chi connectivity index (χ0n) is 10.4. The van der Waals surface area contributed by atoms with Crippen molar-refractivity contribution in [3.8, 4) is 5.75 Å². The number of hydrogen-bond donors (Lipinski definition) is 2. The highest BCUT2D eigenvalue weighted by Gasteiger charge is 2.16. The molecular formula is C13H17ClN2O2. The number of amides is 1. The van der Waals surface area contributed by atoms with Gasteiger partial charge < -0.3 is 15.4 Å². The molecule has 0 aromatic heterocycles. The lowest BCUT2D eigenvalue weighted by atomic mass is 10.1. The van der Waals surface area contributed by atoms with Crippen LogP contribution < -0.4 is 15.4 Å². The molecule has 1 amide bonds. The van der Waals surface area contributed by atoms with Gasteiger partial charge >= 0.3 is 0 Å². The highest BCUT2D eigenvalue weighted by molar-refractivity contribution is 6.30. The fraction of sp³-hybridized carbons (Fsp3) is 0.462. The molecule has 5 heteroatoms. The SMILES string of the molecule is CC(=O)NCCNCc1cc(Cl)cc2c1OCC2. The Balaban J connectivity index is 1.88. The van der Waals surface area contributed by atoms with Crippen molar-refractivity contribution in [2.24, 2.45) is 0 Å². The van der Waals surface area contributed by atoms with Crippen molar-refractivity contribution < 1.29 is 9.53 Å². The van der Waals surface area contributed by atoms with Crippen LogP contribution in [-0.4, -0.2) is 25.6 Å². The van der Waals surface area contributed by atoms with Crippen molar-refractivity contribution in [2.45, 2.75) is 19.9 Å². The molecule has 4 nitrogen and oxygen atoms in total. The fourth-order valence-corrected chi connectivity index (χ4v) is 2.29. The number of halogens is 1. The summed E-state index contributed by atoms with van der Waals surface area (Å²) in [6, 6.07) is 3.89. The molecule has 1 aliphatic rings. The zero-order valence-corrected chi connectivity index (χ0v) is 11.1. The molecule has 1 aromatic carbocycles. The van der Waals surface area contributed by atoms with Crippen LogP contribution in [0.25, 0.3) is 0 Å². The van der Waals surface area contributed by atoms with E-state index in [9.17, 15) is 4.79 Å². The predicted octanol–water partition coefficient (Wildman–Crippen LogP) is 1.50. The van der Waals surface area contributed by atoms with Gasteiger partial charge in [0, 0.05) is 43.6 Å². The summed E-state index contributed by atoms with van der Waals surface area (Å²) < 4.78 is 5.61. The third kappa shape index (κ3) is 3.37. The maximum absolute atomic E-state index is 10.7. The number of nitrogens with one attached hydrogen (secondary N) is 2. The first-order chi connectivity index (χ1) is 8.66. The van der Waals surface area contributed by atoms with E-state index in [1.165, 1.54) is 12.5 Å². The summed E-state index contributed by atoms with van der Waals surface area (Å²) in [6.45, 7) is 4.29. The summed E-state index contributed by atoms with van der Waals surface area (Å²) in [6.07, 6.45) is 0.925. The molecule has 0 spiro atoms. The van der Waals surface area contributed by atoms with E-state index >= 15 is 0 Å². The van der Waals surface area contributed by atoms with Crippen LogP contribution >= 0.6 is 11.6 Å². The van der Waals surface area contributed by atoms with E-state index in [0.29, 0.717) is 13.1 Å². The predicted molar refractivity (Wildman–Crippen MR) is 71.0 cm³/mol. The first-order valence-corrected chi connectivity index (χ1v) is 6.44. The molecule has 0 bridgehead atoms. The Labute approximate surface area is 112 Å². The van der Waals surface area contributed by atoms with Gasteiger partial charge in [0.2, 0.25) is 5.91 Å². The summed E-state index contributed by atoms with van der Waals surface area (Å²) in [4.78, 5) is 10.7. The first kappa shape index (κ1) is 13.2. The first-order valence-electron chi connectivity index (χ1n) is 6.06. The maximum atomic E-state index is 10.7. The second kappa shape index (κ2) is 6.07. The van der Waals surface area contributed by atoms with Crippen molar-refractivity contribution in [3.63, 3.8) is 0 Å². The highest BCUT2D eigenvalue weighted by Crippen LogP contribution is 2.32. The third-order valence-corrected chi connectivity index (χ3v) is 3.03. The summed E-state index contributed by atoms with van der Waals surface area (Å²) in [7, 11) is 0. The van der Waals surface area contributed by atoms with Crippen LogP contribution in [0.5, 0.6) is 5.75 Å². The molecule has 0 saturated heterocycles. The Morgan fingerprint density at radius 2 is 2.28 bits per heavy atom. The monoisotopic (exact) mass is 268 g/mol. The number of carbonyl (C=O) groups excluding carboxylic acids is 1. The lowest BCUT2D eigenvalue weighted by Gasteiger charge is -2.10. The van der Waals surface area contributed by atoms with Crippen LogP contribution in [0, 0.1) is 0 Å². The molecule has 1 aromatic rings. The van der Waals surface area contributed by atoms with E-state index in [-0.39, 0.29) is 5.91 Å². The van der Waals surface area contributed by atoms with E-state index in [4.69, 9.17) is 16.3 Å². The van der Waals surface area contributed by atoms with Crippen LogP contribution in [0.15, 0.2) is 12.1 Å². The van der Waals surface area contributed by atoms with Crippen molar-refractivity contribution in [1.82, 2.24) is 10.6 Å². The van der Waals surface area contributed by atoms with E-state index in [2.05, 4.69) is 10.6 Å². The van der Waals surface area contributed by atoms with Crippen molar-refractivity contribution in [3.05, 3.63) is 28.3 Å². The summed E-state index contributed by atoms with van der Waals surface area (Å²) in [5.74, 6) is 0.954. The minimum atomic E-state index is -0.0104. The van der Waals surface area contributed by atoms with Gasteiger partial charge in [-0.2, -0.15) is 0 Å². The average Bonchev–Trinajstić information content (AvgIpc) is 2.75. The number of carbonyl (C=O) groups is 1. The zero-order chi connectivity index (χ0) is 13.0. The molecule has 0 radical (unpaired) electrons. The normalized spacial score (nSPS) is 13.0. The number of ether oxygens (including phenoxy) is 1. The minimum absolute atomic E-state index is 0.0104. The molecule has 0 fully saturated rings. The maximum Gasteiger partial charge on any atom is 0.216 e. The summed E-state index contributed by atoms with van der Waals surface area (Å²) in [5, 5.41) is 6.75. The summed E-state index contributed by atoms with van der Waals surface area (Å²) in [5.41, 5.74) is 2.26. The third-order valence-electron chi connectivity index (χ3n) is 2.82. The van der Waals surface area contributed by atoms with E-state index < -0.39 is 0 Å². The van der Waals surface area contributed by atoms with Gasteiger partial charge in [-0.1, -0.05) is 11.6 Å². The smallest absolute Gasteiger partial charge is 0.216 e. The molecule has 0 atom stereocenters. The average molecular weight is 269 g/mol. The van der Waals surface area contributed by atoms with Crippen LogP contribution in [-0.2, 0) is 17.8 Å². The second-order valence-corrected chi connectivity index (χ2v) is 4.75. The Bertz CT molecular complexity index is 449. The van der Waals surface area contributed by atoms with E-state index in [1.54, 1.807) is 0 Å². The molecule has 1 aliphatic heterocycles. The Kier molecular flexibility index (Phi) is 4.44. The van der Waals surface area contributed by atoms with Crippen molar-refractivity contribution in [2.75, 3.05) is 19.7 Å². The standard InChI is InChI=1S/C13H17ClN2O2/c1-9(17)16-4-3-15-8-11-7-12(14)6-10-2-5-18-13(10)11/h6-7,15H,2-5,8H2,1H3,(H,16,17). The molecule has 0 aliphatic carbocycles. The summed E-state index contributed by atoms with van der Waals surface area (Å²) >= 11 is 6.07. The van der Waals surface area contributed by atoms with Crippen LogP contribution in [0.4, 0.5) is 0 Å². The van der Waals surface area contributed by atoms with Gasteiger partial charge in [0.05, 0.1) is 6.61 Å². The highest BCUT2D eigenvalue weighted by atomic mass is 35.5. The number of rotatable bonds is 5. The Morgan fingerprint density at radius 3 is 3.06 bits per heavy atom. The van der Waals surface area contributed by atoms with Gasteiger partial charge in [0.15, 0.2) is 0 Å². The quantitative estimate of drug-likeness (QED) is 0.796. The number of benzene rings is 1. The molecule has 0 unspecified atom stereocenters. The molecule has 98 valence electrons. The molecule has 1 heterocycles. The molecule has 2 rings (SSSR count). The minimum Gasteiger partial charge on any atom is -0.493 e. The molecule has 2 N–H and O–H groups in total. The Morgan fingerprint density at radius 1 is 1.44 bits per heavy atom. The lowest BCUT2D eigenvalue weighted by molar-refractivity contribution is -0.118. The van der Waals surface area contributed by atoms with Gasteiger partial charge in [0.1, 0.15) is 5.75 Å². The van der Waals surface area contributed by atoms with E-state index in [0.717, 1.165) is 35.9 Å². The Hall–Kier alpha value is -1.26. The topological polar surface area (TPSA) is 50.4 Å². The second-order valence-electron chi connectivity index (χ2n) is 4.31. The largest absolute Gasteiger partial charge is 0.493 e. The number of hydrogen-bond acceptors (Lipinski definition) is 3. The van der Waals surface area contributed by atoms with Gasteiger partial charge in [-0.15, -0.1) is 0 Å². The number of fused-ring (bicyclic) bond motifs is 1. The lowest BCUT2D eigenvalue weighted by Crippen LogP contribution is -2.29.